The molecule has 4 aliphatic rings. The number of hydrogen-bond donors (Lipinski definition) is 0. The van der Waals surface area contributed by atoms with E-state index in [2.05, 4.69) is 39.8 Å². The highest BCUT2D eigenvalue weighted by Crippen LogP contribution is 2.40. The smallest absolute Gasteiger partial charge is 0.0466 e. The maximum atomic E-state index is 6.01. The van der Waals surface area contributed by atoms with E-state index in [-0.39, 0.29) is 0 Å². The van der Waals surface area contributed by atoms with E-state index in [1.165, 1.54) is 167 Å². The molecule has 0 radical (unpaired) electrons. The molecule has 0 amide bonds. The van der Waals surface area contributed by atoms with Gasteiger partial charge < -0.3 is 4.74 Å². The van der Waals surface area contributed by atoms with Crippen molar-refractivity contribution in [1.29, 1.82) is 0 Å². The molecule has 0 saturated heterocycles. The monoisotopic (exact) mass is 623 g/mol. The summed E-state index contributed by atoms with van der Waals surface area (Å²) in [4.78, 5) is 0. The molecule has 0 bridgehead atoms. The van der Waals surface area contributed by atoms with E-state index in [1.807, 2.05) is 0 Å². The second kappa shape index (κ2) is 21.4. The van der Waals surface area contributed by atoms with Crippen LogP contribution in [0.1, 0.15) is 195 Å². The minimum absolute atomic E-state index is 0.887. The van der Waals surface area contributed by atoms with Gasteiger partial charge in [0.25, 0.3) is 0 Å². The van der Waals surface area contributed by atoms with Gasteiger partial charge in [0.2, 0.25) is 0 Å². The number of unbranched alkanes of at least 4 members (excludes halogenated alkanes) is 4. The maximum Gasteiger partial charge on any atom is 0.0466 e. The van der Waals surface area contributed by atoms with Crippen molar-refractivity contribution in [2.75, 3.05) is 13.2 Å². The Labute approximate surface area is 282 Å². The minimum atomic E-state index is 0.887. The van der Waals surface area contributed by atoms with Crippen LogP contribution in [0.25, 0.3) is 0 Å². The van der Waals surface area contributed by atoms with Crippen molar-refractivity contribution in [3.05, 3.63) is 23.3 Å². The van der Waals surface area contributed by atoms with E-state index in [9.17, 15) is 0 Å². The van der Waals surface area contributed by atoms with Crippen molar-refractivity contribution in [1.82, 2.24) is 0 Å². The molecule has 2 unspecified atom stereocenters. The Morgan fingerprint density at radius 2 is 0.889 bits per heavy atom. The molecule has 0 N–H and O–H groups in total. The Morgan fingerprint density at radius 1 is 0.489 bits per heavy atom. The second-order valence-electron chi connectivity index (χ2n) is 17.7. The van der Waals surface area contributed by atoms with Crippen LogP contribution in [0.3, 0.4) is 0 Å². The molecule has 2 fully saturated rings. The molecule has 4 aliphatic carbocycles. The van der Waals surface area contributed by atoms with Gasteiger partial charge in [-0.15, -0.1) is 0 Å². The van der Waals surface area contributed by atoms with E-state index >= 15 is 0 Å². The third-order valence-electron chi connectivity index (χ3n) is 12.7. The first-order chi connectivity index (χ1) is 21.9. The third kappa shape index (κ3) is 15.5. The normalized spacial score (nSPS) is 29.6. The van der Waals surface area contributed by atoms with Crippen molar-refractivity contribution in [3.8, 4) is 0 Å². The highest BCUT2D eigenvalue weighted by Gasteiger charge is 2.26. The van der Waals surface area contributed by atoms with Crippen molar-refractivity contribution >= 4 is 0 Å². The van der Waals surface area contributed by atoms with Crippen LogP contribution < -0.4 is 0 Å². The maximum absolute atomic E-state index is 6.01. The first kappa shape index (κ1) is 37.3. The molecule has 260 valence electrons. The topological polar surface area (TPSA) is 9.23 Å². The standard InChI is InChI=1S/C44H78O/c1-35(2)31-39-21-25-43(26-22-39)33-41-17-13-37(14-18-41)11-7-5-9-29-45-30-10-6-8-12-38-15-19-42(20-16-38)34-44-27-23-40(24-28-44)32-36(3)4/h13,15,35-36,39-44H,5-12,14,16-34H2,1-4H3. The van der Waals surface area contributed by atoms with Gasteiger partial charge in [-0.3, -0.25) is 0 Å². The summed E-state index contributed by atoms with van der Waals surface area (Å²) >= 11 is 0. The largest absolute Gasteiger partial charge is 0.381 e. The van der Waals surface area contributed by atoms with E-state index in [0.717, 1.165) is 60.6 Å². The van der Waals surface area contributed by atoms with Crippen molar-refractivity contribution in [2.24, 2.45) is 47.3 Å². The summed E-state index contributed by atoms with van der Waals surface area (Å²) in [6, 6.07) is 0. The van der Waals surface area contributed by atoms with E-state index in [1.54, 1.807) is 11.1 Å². The van der Waals surface area contributed by atoms with Gasteiger partial charge in [0.15, 0.2) is 0 Å². The van der Waals surface area contributed by atoms with Crippen LogP contribution in [-0.2, 0) is 4.74 Å². The van der Waals surface area contributed by atoms with Gasteiger partial charge in [-0.25, -0.2) is 0 Å². The van der Waals surface area contributed by atoms with Crippen molar-refractivity contribution < 1.29 is 4.74 Å². The third-order valence-corrected chi connectivity index (χ3v) is 12.7. The summed E-state index contributed by atoms with van der Waals surface area (Å²) in [5.41, 5.74) is 3.55. The average Bonchev–Trinajstić information content (AvgIpc) is 3.03. The fourth-order valence-corrected chi connectivity index (χ4v) is 10.0. The van der Waals surface area contributed by atoms with Crippen LogP contribution in [0.2, 0.25) is 0 Å². The second-order valence-corrected chi connectivity index (χ2v) is 17.7. The lowest BCUT2D eigenvalue weighted by Gasteiger charge is -2.32. The molecule has 0 spiro atoms. The first-order valence-corrected chi connectivity index (χ1v) is 20.9. The molecule has 0 aromatic carbocycles. The minimum Gasteiger partial charge on any atom is -0.381 e. The molecular formula is C44H78O. The van der Waals surface area contributed by atoms with Gasteiger partial charge in [-0.2, -0.15) is 0 Å². The summed E-state index contributed by atoms with van der Waals surface area (Å²) in [6.07, 6.45) is 42.5. The summed E-state index contributed by atoms with van der Waals surface area (Å²) in [6.45, 7) is 11.6. The number of hydrogen-bond acceptors (Lipinski definition) is 1. The van der Waals surface area contributed by atoms with Gasteiger partial charge in [-0.05, 0) is 150 Å². The van der Waals surface area contributed by atoms with Crippen LogP contribution in [0.5, 0.6) is 0 Å². The van der Waals surface area contributed by atoms with E-state index < -0.39 is 0 Å². The molecule has 0 heterocycles. The van der Waals surface area contributed by atoms with E-state index in [0.29, 0.717) is 0 Å². The van der Waals surface area contributed by atoms with Gasteiger partial charge in [-0.1, -0.05) is 115 Å². The fraction of sp³-hybridized carbons (Fsp3) is 0.909. The Hall–Kier alpha value is -0.560. The molecular weight excluding hydrogens is 544 g/mol. The van der Waals surface area contributed by atoms with Gasteiger partial charge >= 0.3 is 0 Å². The molecule has 4 rings (SSSR count). The SMILES string of the molecule is CC(C)CC1CCC(CC2CC=C(CCCCCOCCCCCC3=CCC(CC4CCC(CC(C)C)CC4)CC3)CC2)CC1. The highest BCUT2D eigenvalue weighted by molar-refractivity contribution is 5.07. The summed E-state index contributed by atoms with van der Waals surface area (Å²) < 4.78 is 6.01. The molecule has 0 aliphatic heterocycles. The molecule has 2 saturated carbocycles. The number of ether oxygens (including phenoxy) is 1. The van der Waals surface area contributed by atoms with Gasteiger partial charge in [0.05, 0.1) is 0 Å². The van der Waals surface area contributed by atoms with E-state index in [4.69, 9.17) is 4.74 Å². The van der Waals surface area contributed by atoms with Crippen LogP contribution in [-0.4, -0.2) is 13.2 Å². The Morgan fingerprint density at radius 3 is 1.24 bits per heavy atom. The molecule has 1 heteroatoms. The lowest BCUT2D eigenvalue weighted by Crippen LogP contribution is -2.19. The van der Waals surface area contributed by atoms with Crippen LogP contribution in [0.4, 0.5) is 0 Å². The molecule has 2 atom stereocenters. The lowest BCUT2D eigenvalue weighted by molar-refractivity contribution is 0.126. The quantitative estimate of drug-likeness (QED) is 0.0969. The summed E-state index contributed by atoms with van der Waals surface area (Å²) in [7, 11) is 0. The van der Waals surface area contributed by atoms with Gasteiger partial charge in [0, 0.05) is 13.2 Å². The summed E-state index contributed by atoms with van der Waals surface area (Å²) in [5, 5.41) is 0. The summed E-state index contributed by atoms with van der Waals surface area (Å²) in [5.74, 6) is 7.88. The first-order valence-electron chi connectivity index (χ1n) is 20.9. The molecule has 0 aromatic heterocycles. The highest BCUT2D eigenvalue weighted by atomic mass is 16.5. The zero-order valence-corrected chi connectivity index (χ0v) is 31.0. The Bertz CT molecular complexity index is 750. The molecule has 45 heavy (non-hydrogen) atoms. The zero-order chi connectivity index (χ0) is 31.7. The van der Waals surface area contributed by atoms with Crippen LogP contribution in [0, 0.1) is 47.3 Å². The molecule has 0 aromatic rings. The Kier molecular flexibility index (Phi) is 17.7. The zero-order valence-electron chi connectivity index (χ0n) is 31.0. The predicted molar refractivity (Wildman–Crippen MR) is 198 cm³/mol. The van der Waals surface area contributed by atoms with Crippen molar-refractivity contribution in [2.45, 2.75) is 195 Å². The fourth-order valence-electron chi connectivity index (χ4n) is 10.0. The molecule has 1 nitrogen and oxygen atoms in total. The predicted octanol–water partition coefficient (Wildman–Crippen LogP) is 14.1. The number of rotatable bonds is 20. The van der Waals surface area contributed by atoms with Crippen LogP contribution in [0.15, 0.2) is 23.3 Å². The van der Waals surface area contributed by atoms with Crippen molar-refractivity contribution in [3.63, 3.8) is 0 Å². The van der Waals surface area contributed by atoms with Gasteiger partial charge in [0.1, 0.15) is 0 Å². The number of allylic oxidation sites excluding steroid dienone is 4. The Balaban J connectivity index is 0.909. The average molecular weight is 623 g/mol. The van der Waals surface area contributed by atoms with Crippen LogP contribution >= 0.6 is 0 Å². The lowest BCUT2D eigenvalue weighted by atomic mass is 9.73.